The number of benzene rings is 6. The molecule has 5 aliphatic carbocycles. The largest absolute Gasteiger partial charge is 0.457 e. The Kier molecular flexibility index (Phi) is 6.67. The summed E-state index contributed by atoms with van der Waals surface area (Å²) in [6.07, 6.45) is 8.09. The standard InChI is InChI=1S/C54H51NO/c1-51(2)27-28-52(3,4)45-32-41(25-26-43(45)51)55(39-21-17-36(18-22-39)35-11-6-5-7-12-35)40-23-19-37(20-24-40)42-13-10-16-47-50(42)54(44-14-8-9-15-46(44)56-47)48-30-34-29-38-31-49(54)53(38,48)33-34/h5-26,32,34,38,48-49H,27-31,33H2,1-4H3. The highest BCUT2D eigenvalue weighted by Gasteiger charge is 2.84. The number of anilines is 3. The van der Waals surface area contributed by atoms with E-state index in [1.54, 1.807) is 0 Å². The van der Waals surface area contributed by atoms with Crippen LogP contribution in [-0.2, 0) is 16.2 Å². The topological polar surface area (TPSA) is 12.5 Å². The van der Waals surface area contributed by atoms with Gasteiger partial charge in [-0.15, -0.1) is 0 Å². The maximum atomic E-state index is 6.85. The van der Waals surface area contributed by atoms with Crippen molar-refractivity contribution in [2.75, 3.05) is 4.90 Å². The molecule has 56 heavy (non-hydrogen) atoms. The van der Waals surface area contributed by atoms with Crippen molar-refractivity contribution in [2.24, 2.45) is 29.1 Å². The van der Waals surface area contributed by atoms with Crippen molar-refractivity contribution in [1.29, 1.82) is 0 Å². The van der Waals surface area contributed by atoms with E-state index in [1.165, 1.54) is 100 Å². The van der Waals surface area contributed by atoms with Crippen molar-refractivity contribution in [3.8, 4) is 33.8 Å². The molecule has 6 aromatic carbocycles. The normalized spacial score (nSPS) is 28.9. The summed E-state index contributed by atoms with van der Waals surface area (Å²) in [7, 11) is 0. The zero-order valence-electron chi connectivity index (χ0n) is 33.2. The number of ether oxygens (including phenoxy) is 1. The molecule has 2 nitrogen and oxygen atoms in total. The minimum absolute atomic E-state index is 0.0430. The van der Waals surface area contributed by atoms with Gasteiger partial charge in [0.2, 0.25) is 0 Å². The molecule has 0 saturated heterocycles. The van der Waals surface area contributed by atoms with E-state index in [0.29, 0.717) is 17.3 Å². The van der Waals surface area contributed by atoms with Crippen molar-refractivity contribution >= 4 is 17.1 Å². The Morgan fingerprint density at radius 1 is 0.518 bits per heavy atom. The third kappa shape index (κ3) is 4.23. The summed E-state index contributed by atoms with van der Waals surface area (Å²) in [5.41, 5.74) is 15.4. The molecule has 1 heterocycles. The number of rotatable bonds is 5. The minimum atomic E-state index is 0.0430. The predicted octanol–water partition coefficient (Wildman–Crippen LogP) is 14.3. The van der Waals surface area contributed by atoms with Crippen LogP contribution in [0.15, 0.2) is 140 Å². The average Bonchev–Trinajstić information content (AvgIpc) is 3.76. The highest BCUT2D eigenvalue weighted by molar-refractivity contribution is 5.83. The zero-order chi connectivity index (χ0) is 37.6. The Bertz CT molecular complexity index is 2550. The second kappa shape index (κ2) is 11.3. The first kappa shape index (κ1) is 33.1. The molecule has 4 fully saturated rings. The van der Waals surface area contributed by atoms with E-state index >= 15 is 0 Å². The second-order valence-corrected chi connectivity index (χ2v) is 19.6. The number of hydrogen-bond acceptors (Lipinski definition) is 2. The average molecular weight is 730 g/mol. The first-order chi connectivity index (χ1) is 27.2. The molecule has 6 aliphatic rings. The maximum Gasteiger partial charge on any atom is 0.132 e. The van der Waals surface area contributed by atoms with Crippen LogP contribution >= 0.6 is 0 Å². The van der Waals surface area contributed by atoms with E-state index in [-0.39, 0.29) is 16.2 Å². The molecule has 4 saturated carbocycles. The van der Waals surface area contributed by atoms with Crippen LogP contribution in [0.2, 0.25) is 0 Å². The van der Waals surface area contributed by atoms with Gasteiger partial charge in [-0.25, -0.2) is 0 Å². The van der Waals surface area contributed by atoms with E-state index in [0.717, 1.165) is 23.3 Å². The van der Waals surface area contributed by atoms with Crippen molar-refractivity contribution < 1.29 is 4.74 Å². The van der Waals surface area contributed by atoms with Gasteiger partial charge in [-0.1, -0.05) is 119 Å². The van der Waals surface area contributed by atoms with Crippen LogP contribution < -0.4 is 9.64 Å². The third-order valence-electron chi connectivity index (χ3n) is 16.3. The Balaban J connectivity index is 0.983. The van der Waals surface area contributed by atoms with Crippen LogP contribution in [0.1, 0.15) is 88.5 Å². The Labute approximate surface area is 332 Å². The van der Waals surface area contributed by atoms with E-state index in [1.807, 2.05) is 0 Å². The van der Waals surface area contributed by atoms with Crippen LogP contribution in [0.3, 0.4) is 0 Å². The SMILES string of the molecule is CC1(C)CCC(C)(C)c2cc(N(c3ccc(-c4ccccc4)cc3)c3ccc(-c4cccc5c4C4(c6ccccc6O5)C5CC6CC7CC4C75C6)cc3)ccc21. The minimum Gasteiger partial charge on any atom is -0.457 e. The molecule has 2 bridgehead atoms. The van der Waals surface area contributed by atoms with Crippen LogP contribution in [0, 0.1) is 29.1 Å². The summed E-state index contributed by atoms with van der Waals surface area (Å²) in [6, 6.07) is 52.5. The first-order valence-corrected chi connectivity index (χ1v) is 21.3. The molecule has 2 spiro atoms. The molecule has 0 radical (unpaired) electrons. The molecule has 12 rings (SSSR count). The van der Waals surface area contributed by atoms with Gasteiger partial charge in [-0.3, -0.25) is 0 Å². The first-order valence-electron chi connectivity index (χ1n) is 21.3. The summed E-state index contributed by atoms with van der Waals surface area (Å²) in [6.45, 7) is 9.69. The highest BCUT2D eigenvalue weighted by Crippen LogP contribution is 2.89. The summed E-state index contributed by atoms with van der Waals surface area (Å²) in [5, 5.41) is 0. The third-order valence-corrected chi connectivity index (χ3v) is 16.3. The number of hydrogen-bond donors (Lipinski definition) is 0. The van der Waals surface area contributed by atoms with Crippen LogP contribution in [-0.4, -0.2) is 0 Å². The Morgan fingerprint density at radius 2 is 1.14 bits per heavy atom. The maximum absolute atomic E-state index is 6.85. The molecule has 6 unspecified atom stereocenters. The molecule has 0 aromatic heterocycles. The lowest BCUT2D eigenvalue weighted by Gasteiger charge is -2.77. The second-order valence-electron chi connectivity index (χ2n) is 19.6. The molecule has 1 aliphatic heterocycles. The van der Waals surface area contributed by atoms with Gasteiger partial charge < -0.3 is 9.64 Å². The van der Waals surface area contributed by atoms with Gasteiger partial charge in [0, 0.05) is 33.6 Å². The van der Waals surface area contributed by atoms with Gasteiger partial charge in [0.05, 0.1) is 0 Å². The fourth-order valence-corrected chi connectivity index (χ4v) is 13.8. The lowest BCUT2D eigenvalue weighted by atomic mass is 9.26. The number of nitrogens with zero attached hydrogens (tertiary/aromatic N) is 1. The molecule has 0 amide bonds. The van der Waals surface area contributed by atoms with Crippen molar-refractivity contribution in [3.05, 3.63) is 162 Å². The van der Waals surface area contributed by atoms with Crippen LogP contribution in [0.4, 0.5) is 17.1 Å². The van der Waals surface area contributed by atoms with Gasteiger partial charge in [-0.2, -0.15) is 0 Å². The molecule has 2 heteroatoms. The quantitative estimate of drug-likeness (QED) is 0.175. The van der Waals surface area contributed by atoms with Gasteiger partial charge in [-0.05, 0) is 160 Å². The number of fused-ring (bicyclic) bond motifs is 8. The van der Waals surface area contributed by atoms with E-state index in [9.17, 15) is 0 Å². The van der Waals surface area contributed by atoms with Gasteiger partial charge >= 0.3 is 0 Å². The lowest BCUT2D eigenvalue weighted by Crippen LogP contribution is -2.74. The smallest absolute Gasteiger partial charge is 0.132 e. The highest BCUT2D eigenvalue weighted by atomic mass is 16.5. The predicted molar refractivity (Wildman–Crippen MR) is 229 cm³/mol. The van der Waals surface area contributed by atoms with Crippen molar-refractivity contribution in [2.45, 2.75) is 82.5 Å². The molecular weight excluding hydrogens is 679 g/mol. The van der Waals surface area contributed by atoms with Gasteiger partial charge in [0.25, 0.3) is 0 Å². The Morgan fingerprint density at radius 3 is 1.89 bits per heavy atom. The Hall–Kier alpha value is -5.08. The summed E-state index contributed by atoms with van der Waals surface area (Å²) in [5.74, 6) is 5.45. The summed E-state index contributed by atoms with van der Waals surface area (Å²) < 4.78 is 6.85. The fourth-order valence-electron chi connectivity index (χ4n) is 13.8. The summed E-state index contributed by atoms with van der Waals surface area (Å²) >= 11 is 0. The monoisotopic (exact) mass is 729 g/mol. The number of para-hydroxylation sites is 1. The molecular formula is C54H51NO. The lowest BCUT2D eigenvalue weighted by molar-refractivity contribution is -0.234. The van der Waals surface area contributed by atoms with E-state index < -0.39 is 0 Å². The molecule has 0 N–H and O–H groups in total. The van der Waals surface area contributed by atoms with E-state index in [4.69, 9.17) is 4.74 Å². The molecule has 6 aromatic rings. The summed E-state index contributed by atoms with van der Waals surface area (Å²) in [4.78, 5) is 2.47. The molecule has 278 valence electrons. The van der Waals surface area contributed by atoms with E-state index in [2.05, 4.69) is 172 Å². The van der Waals surface area contributed by atoms with Gasteiger partial charge in [0.15, 0.2) is 0 Å². The van der Waals surface area contributed by atoms with Crippen molar-refractivity contribution in [3.63, 3.8) is 0 Å². The molecule has 6 atom stereocenters. The zero-order valence-corrected chi connectivity index (χ0v) is 33.2. The fraction of sp³-hybridized carbons (Fsp3) is 0.333. The van der Waals surface area contributed by atoms with Crippen LogP contribution in [0.25, 0.3) is 22.3 Å². The van der Waals surface area contributed by atoms with Crippen LogP contribution in [0.5, 0.6) is 11.5 Å². The van der Waals surface area contributed by atoms with Gasteiger partial charge in [0.1, 0.15) is 11.5 Å². The van der Waals surface area contributed by atoms with Crippen molar-refractivity contribution in [1.82, 2.24) is 0 Å².